The maximum absolute atomic E-state index is 10.6. The second kappa shape index (κ2) is 6.20. The summed E-state index contributed by atoms with van der Waals surface area (Å²) in [6, 6.07) is 0. The molecule has 2 rings (SSSR count). The minimum atomic E-state index is -1.03. The summed E-state index contributed by atoms with van der Waals surface area (Å²) in [6.45, 7) is -0.310. The van der Waals surface area contributed by atoms with Gasteiger partial charge in [-0.05, 0) is 6.08 Å². The lowest BCUT2D eigenvalue weighted by Gasteiger charge is -2.05. The molecule has 6 nitrogen and oxygen atoms in total. The summed E-state index contributed by atoms with van der Waals surface area (Å²) in [7, 11) is 0. The number of aromatic nitrogens is 2. The molecule has 0 aromatic carbocycles. The van der Waals surface area contributed by atoms with Crippen molar-refractivity contribution < 1.29 is 20.1 Å². The van der Waals surface area contributed by atoms with Gasteiger partial charge in [-0.1, -0.05) is 0 Å². The van der Waals surface area contributed by atoms with Gasteiger partial charge in [-0.15, -0.1) is 23.1 Å². The van der Waals surface area contributed by atoms with Crippen molar-refractivity contribution in [3.63, 3.8) is 0 Å². The molecule has 3 N–H and O–H groups in total. The van der Waals surface area contributed by atoms with Crippen molar-refractivity contribution in [2.24, 2.45) is 0 Å². The van der Waals surface area contributed by atoms with Crippen LogP contribution in [0.15, 0.2) is 22.7 Å². The van der Waals surface area contributed by atoms with Gasteiger partial charge in [-0.25, -0.2) is 9.78 Å². The third-order valence-electron chi connectivity index (χ3n) is 2.27. The molecule has 0 bridgehead atoms. The molecular formula is C11H12N2O4S2. The topological polar surface area (TPSA) is 95.1 Å². The van der Waals surface area contributed by atoms with Crippen LogP contribution in [-0.2, 0) is 4.79 Å². The lowest BCUT2D eigenvalue weighted by molar-refractivity contribution is -0.131. The molecule has 8 heteroatoms. The van der Waals surface area contributed by atoms with Gasteiger partial charge in [0.2, 0.25) is 0 Å². The third kappa shape index (κ3) is 3.35. The Bertz CT molecular complexity index is 605. The van der Waals surface area contributed by atoms with Gasteiger partial charge in [-0.3, -0.25) is 4.40 Å². The summed E-state index contributed by atoms with van der Waals surface area (Å²) in [5, 5.41) is 29.3. The molecule has 2 heterocycles. The van der Waals surface area contributed by atoms with Crippen molar-refractivity contribution >= 4 is 40.1 Å². The number of carboxylic acids is 1. The molecule has 1 atom stereocenters. The Morgan fingerprint density at radius 1 is 1.63 bits per heavy atom. The molecule has 0 saturated heterocycles. The van der Waals surface area contributed by atoms with Gasteiger partial charge in [0.15, 0.2) is 4.96 Å². The smallest absolute Gasteiger partial charge is 0.328 e. The fourth-order valence-corrected chi connectivity index (χ4v) is 3.12. The number of fused-ring (bicyclic) bond motifs is 1. The SMILES string of the molecule is O=C(O)/C=C/c1c(SCC(O)CO)nc2sccn12. The summed E-state index contributed by atoms with van der Waals surface area (Å²) >= 11 is 2.72. The Balaban J connectivity index is 2.28. The van der Waals surface area contributed by atoms with Crippen LogP contribution in [0.1, 0.15) is 5.69 Å². The minimum absolute atomic E-state index is 0.301. The van der Waals surface area contributed by atoms with E-state index < -0.39 is 12.1 Å². The van der Waals surface area contributed by atoms with Gasteiger partial charge in [0.05, 0.1) is 18.4 Å². The maximum atomic E-state index is 10.6. The zero-order valence-corrected chi connectivity index (χ0v) is 11.4. The van der Waals surface area contributed by atoms with Crippen LogP contribution in [0.5, 0.6) is 0 Å². The van der Waals surface area contributed by atoms with Gasteiger partial charge in [0.25, 0.3) is 0 Å². The van der Waals surface area contributed by atoms with Crippen molar-refractivity contribution in [3.05, 3.63) is 23.3 Å². The number of hydrogen-bond donors (Lipinski definition) is 3. The van der Waals surface area contributed by atoms with Crippen LogP contribution in [0, 0.1) is 0 Å². The van der Waals surface area contributed by atoms with Gasteiger partial charge in [0, 0.05) is 23.4 Å². The molecular weight excluding hydrogens is 288 g/mol. The largest absolute Gasteiger partial charge is 0.478 e. The number of nitrogens with zero attached hydrogens (tertiary/aromatic N) is 2. The molecule has 0 radical (unpaired) electrons. The van der Waals surface area contributed by atoms with Gasteiger partial charge in [0.1, 0.15) is 5.03 Å². The van der Waals surface area contributed by atoms with Crippen LogP contribution in [0.25, 0.3) is 11.0 Å². The van der Waals surface area contributed by atoms with E-state index >= 15 is 0 Å². The maximum Gasteiger partial charge on any atom is 0.328 e. The van der Waals surface area contributed by atoms with Gasteiger partial charge < -0.3 is 15.3 Å². The van der Waals surface area contributed by atoms with E-state index in [2.05, 4.69) is 4.98 Å². The Morgan fingerprint density at radius 3 is 3.11 bits per heavy atom. The number of aliphatic hydroxyl groups is 2. The number of aliphatic hydroxyl groups excluding tert-OH is 2. The number of imidazole rings is 1. The predicted octanol–water partition coefficient (Wildman–Crippen LogP) is 0.939. The highest BCUT2D eigenvalue weighted by Gasteiger charge is 2.13. The van der Waals surface area contributed by atoms with Crippen molar-refractivity contribution in [1.29, 1.82) is 0 Å². The minimum Gasteiger partial charge on any atom is -0.478 e. The molecule has 2 aromatic rings. The van der Waals surface area contributed by atoms with Crippen molar-refractivity contribution in [3.8, 4) is 0 Å². The molecule has 0 saturated carbocycles. The Labute approximate surface area is 117 Å². The van der Waals surface area contributed by atoms with E-state index in [-0.39, 0.29) is 6.61 Å². The zero-order chi connectivity index (χ0) is 13.8. The second-order valence-corrected chi connectivity index (χ2v) is 5.56. The standard InChI is InChI=1S/C11H12N2O4S2/c14-5-7(15)6-19-10-8(1-2-9(16)17)13-3-4-18-11(13)12-10/h1-4,7,14-15H,5-6H2,(H,16,17)/b2-1+. The van der Waals surface area contributed by atoms with Crippen LogP contribution in [0.4, 0.5) is 0 Å². The fraction of sp³-hybridized carbons (Fsp3) is 0.273. The predicted molar refractivity (Wildman–Crippen MR) is 73.6 cm³/mol. The van der Waals surface area contributed by atoms with E-state index in [0.717, 1.165) is 11.0 Å². The van der Waals surface area contributed by atoms with Crippen LogP contribution in [0.3, 0.4) is 0 Å². The first-order valence-corrected chi connectivity index (χ1v) is 7.26. The molecule has 0 aliphatic carbocycles. The first kappa shape index (κ1) is 14.1. The highest BCUT2D eigenvalue weighted by molar-refractivity contribution is 7.99. The number of thioether (sulfide) groups is 1. The Hall–Kier alpha value is -1.35. The first-order valence-electron chi connectivity index (χ1n) is 5.40. The van der Waals surface area contributed by atoms with Crippen molar-refractivity contribution in [2.75, 3.05) is 12.4 Å². The quantitative estimate of drug-likeness (QED) is 0.543. The fourth-order valence-electron chi connectivity index (χ4n) is 1.42. The lowest BCUT2D eigenvalue weighted by Crippen LogP contribution is -2.14. The van der Waals surface area contributed by atoms with Crippen LogP contribution in [-0.4, -0.2) is 49.1 Å². The lowest BCUT2D eigenvalue weighted by atomic mass is 10.4. The van der Waals surface area contributed by atoms with E-state index in [1.807, 2.05) is 5.38 Å². The highest BCUT2D eigenvalue weighted by Crippen LogP contribution is 2.27. The first-order chi connectivity index (χ1) is 9.11. The number of aliphatic carboxylic acids is 1. The Kier molecular flexibility index (Phi) is 4.59. The summed E-state index contributed by atoms with van der Waals surface area (Å²) in [5.74, 6) is -0.730. The summed E-state index contributed by atoms with van der Waals surface area (Å²) < 4.78 is 1.79. The second-order valence-electron chi connectivity index (χ2n) is 3.68. The number of carbonyl (C=O) groups is 1. The molecule has 0 fully saturated rings. The third-order valence-corrected chi connectivity index (χ3v) is 4.15. The Morgan fingerprint density at radius 2 is 2.42 bits per heavy atom. The summed E-state index contributed by atoms with van der Waals surface area (Å²) in [4.78, 5) is 15.7. The van der Waals surface area contributed by atoms with E-state index in [1.165, 1.54) is 29.2 Å². The molecule has 102 valence electrons. The van der Waals surface area contributed by atoms with E-state index in [1.54, 1.807) is 10.6 Å². The molecule has 2 aromatic heterocycles. The molecule has 0 spiro atoms. The molecule has 0 aliphatic rings. The number of carboxylic acid groups (broad SMARTS) is 1. The van der Waals surface area contributed by atoms with E-state index in [0.29, 0.717) is 16.5 Å². The molecule has 0 amide bonds. The van der Waals surface area contributed by atoms with Crippen LogP contribution in [0.2, 0.25) is 0 Å². The summed E-state index contributed by atoms with van der Waals surface area (Å²) in [5.41, 5.74) is 0.661. The average Bonchev–Trinajstić information content (AvgIpc) is 2.93. The normalized spacial score (nSPS) is 13.4. The molecule has 1 unspecified atom stereocenters. The highest BCUT2D eigenvalue weighted by atomic mass is 32.2. The van der Waals surface area contributed by atoms with E-state index in [4.69, 9.17) is 10.2 Å². The average molecular weight is 300 g/mol. The van der Waals surface area contributed by atoms with Gasteiger partial charge in [-0.2, -0.15) is 0 Å². The van der Waals surface area contributed by atoms with Crippen LogP contribution >= 0.6 is 23.1 Å². The monoisotopic (exact) mass is 300 g/mol. The molecule has 0 aliphatic heterocycles. The number of thiazole rings is 1. The zero-order valence-electron chi connectivity index (χ0n) is 9.76. The summed E-state index contributed by atoms with van der Waals surface area (Å²) in [6.07, 6.45) is 3.51. The van der Waals surface area contributed by atoms with Crippen LogP contribution < -0.4 is 0 Å². The van der Waals surface area contributed by atoms with E-state index in [9.17, 15) is 9.90 Å². The number of rotatable bonds is 6. The van der Waals surface area contributed by atoms with Gasteiger partial charge >= 0.3 is 5.97 Å². The van der Waals surface area contributed by atoms with Crippen molar-refractivity contribution in [1.82, 2.24) is 9.38 Å². The number of hydrogen-bond acceptors (Lipinski definition) is 6. The van der Waals surface area contributed by atoms with Crippen molar-refractivity contribution in [2.45, 2.75) is 11.1 Å². The molecule has 19 heavy (non-hydrogen) atoms.